The lowest BCUT2D eigenvalue weighted by molar-refractivity contribution is -0.139. The molecule has 3 rings (SSSR count). The lowest BCUT2D eigenvalue weighted by Gasteiger charge is -2.34. The Balaban J connectivity index is 1.71. The van der Waals surface area contributed by atoms with Crippen LogP contribution in [-0.4, -0.2) is 60.7 Å². The molecule has 0 radical (unpaired) electrons. The summed E-state index contributed by atoms with van der Waals surface area (Å²) in [6, 6.07) is 7.92. The Labute approximate surface area is 148 Å². The maximum Gasteiger partial charge on any atom is 0.228 e. The summed E-state index contributed by atoms with van der Waals surface area (Å²) >= 11 is 0. The summed E-state index contributed by atoms with van der Waals surface area (Å²) in [4.78, 5) is 41.3. The molecule has 2 aliphatic rings. The molecule has 2 saturated heterocycles. The van der Waals surface area contributed by atoms with Crippen molar-refractivity contribution in [1.29, 1.82) is 0 Å². The second-order valence-electron chi connectivity index (χ2n) is 7.09. The summed E-state index contributed by atoms with van der Waals surface area (Å²) < 4.78 is 0. The average Bonchev–Trinajstić information content (AvgIpc) is 3.02. The zero-order valence-corrected chi connectivity index (χ0v) is 14.9. The van der Waals surface area contributed by atoms with Gasteiger partial charge in [-0.25, -0.2) is 0 Å². The van der Waals surface area contributed by atoms with Crippen LogP contribution >= 0.6 is 0 Å². The van der Waals surface area contributed by atoms with Crippen LogP contribution in [0.2, 0.25) is 0 Å². The number of hydrogen-bond donors (Lipinski definition) is 0. The third kappa shape index (κ3) is 3.52. The number of hydrogen-bond acceptors (Lipinski definition) is 3. The molecular formula is C19H25N3O3. The SMILES string of the molecule is CC(C)c1ccccc1N1CC(C(=O)N2CCN(C=O)CC2)CC1=O. The van der Waals surface area contributed by atoms with Gasteiger partial charge < -0.3 is 14.7 Å². The number of anilines is 1. The van der Waals surface area contributed by atoms with E-state index >= 15 is 0 Å². The first kappa shape index (κ1) is 17.5. The molecule has 3 amide bonds. The molecular weight excluding hydrogens is 318 g/mol. The van der Waals surface area contributed by atoms with Gasteiger partial charge in [0.1, 0.15) is 0 Å². The molecule has 1 unspecified atom stereocenters. The second-order valence-corrected chi connectivity index (χ2v) is 7.09. The Morgan fingerprint density at radius 3 is 2.48 bits per heavy atom. The minimum absolute atomic E-state index is 0.0120. The smallest absolute Gasteiger partial charge is 0.228 e. The summed E-state index contributed by atoms with van der Waals surface area (Å²) in [5, 5.41) is 0. The molecule has 2 heterocycles. The van der Waals surface area contributed by atoms with E-state index in [4.69, 9.17) is 0 Å². The number of benzene rings is 1. The fourth-order valence-corrected chi connectivity index (χ4v) is 3.63. The van der Waals surface area contributed by atoms with Crippen molar-refractivity contribution >= 4 is 23.9 Å². The minimum atomic E-state index is -0.296. The summed E-state index contributed by atoms with van der Waals surface area (Å²) in [5.74, 6) is 0.0621. The van der Waals surface area contributed by atoms with E-state index in [-0.39, 0.29) is 24.2 Å². The van der Waals surface area contributed by atoms with Crippen LogP contribution in [0.15, 0.2) is 24.3 Å². The summed E-state index contributed by atoms with van der Waals surface area (Å²) in [7, 11) is 0. The van der Waals surface area contributed by atoms with Crippen molar-refractivity contribution in [1.82, 2.24) is 9.80 Å². The topological polar surface area (TPSA) is 60.9 Å². The zero-order valence-electron chi connectivity index (χ0n) is 14.9. The number of nitrogens with zero attached hydrogens (tertiary/aromatic N) is 3. The third-order valence-corrected chi connectivity index (χ3v) is 5.10. The van der Waals surface area contributed by atoms with Crippen LogP contribution in [0.5, 0.6) is 0 Å². The number of amides is 3. The molecule has 1 atom stereocenters. The third-order valence-electron chi connectivity index (χ3n) is 5.10. The van der Waals surface area contributed by atoms with Crippen LogP contribution in [0.4, 0.5) is 5.69 Å². The predicted molar refractivity (Wildman–Crippen MR) is 95.2 cm³/mol. The van der Waals surface area contributed by atoms with Gasteiger partial charge in [0, 0.05) is 44.8 Å². The molecule has 6 nitrogen and oxygen atoms in total. The maximum absolute atomic E-state index is 12.8. The van der Waals surface area contributed by atoms with Crippen LogP contribution in [0.25, 0.3) is 0 Å². The van der Waals surface area contributed by atoms with Gasteiger partial charge in [-0.3, -0.25) is 14.4 Å². The number of carbonyl (C=O) groups excluding carboxylic acids is 3. The van der Waals surface area contributed by atoms with E-state index in [1.54, 1.807) is 14.7 Å². The lowest BCUT2D eigenvalue weighted by atomic mass is 10.0. The van der Waals surface area contributed by atoms with Crippen LogP contribution < -0.4 is 4.90 Å². The Kier molecular flexibility index (Phi) is 5.06. The first-order valence-corrected chi connectivity index (χ1v) is 8.88. The molecule has 0 bridgehead atoms. The molecule has 0 aliphatic carbocycles. The average molecular weight is 343 g/mol. The standard InChI is InChI=1S/C19H25N3O3/c1-14(2)16-5-3-4-6-17(16)22-12-15(11-18(22)24)19(25)21-9-7-20(13-23)8-10-21/h3-6,13-15H,7-12H2,1-2H3. The molecule has 2 fully saturated rings. The van der Waals surface area contributed by atoms with Crippen molar-refractivity contribution in [2.24, 2.45) is 5.92 Å². The molecule has 1 aromatic carbocycles. The highest BCUT2D eigenvalue weighted by atomic mass is 16.2. The highest BCUT2D eigenvalue weighted by molar-refractivity contribution is 6.01. The van der Waals surface area contributed by atoms with Crippen molar-refractivity contribution in [3.05, 3.63) is 29.8 Å². The van der Waals surface area contributed by atoms with E-state index in [1.807, 2.05) is 24.3 Å². The highest BCUT2D eigenvalue weighted by Gasteiger charge is 2.38. The molecule has 0 aromatic heterocycles. The van der Waals surface area contributed by atoms with Crippen LogP contribution in [0, 0.1) is 5.92 Å². The van der Waals surface area contributed by atoms with Gasteiger partial charge in [0.15, 0.2) is 0 Å². The monoisotopic (exact) mass is 343 g/mol. The van der Waals surface area contributed by atoms with Gasteiger partial charge in [0.25, 0.3) is 0 Å². The van der Waals surface area contributed by atoms with Crippen molar-refractivity contribution in [3.8, 4) is 0 Å². The van der Waals surface area contributed by atoms with Gasteiger partial charge in [-0.2, -0.15) is 0 Å². The Morgan fingerprint density at radius 1 is 1.16 bits per heavy atom. The van der Waals surface area contributed by atoms with Crippen molar-refractivity contribution in [3.63, 3.8) is 0 Å². The molecule has 2 aliphatic heterocycles. The lowest BCUT2D eigenvalue weighted by Crippen LogP contribution is -2.50. The fourth-order valence-electron chi connectivity index (χ4n) is 3.63. The number of piperazine rings is 1. The van der Waals surface area contributed by atoms with E-state index in [0.717, 1.165) is 17.7 Å². The predicted octanol–water partition coefficient (Wildman–Crippen LogP) is 1.46. The van der Waals surface area contributed by atoms with E-state index < -0.39 is 0 Å². The van der Waals surface area contributed by atoms with Crippen LogP contribution in [-0.2, 0) is 14.4 Å². The van der Waals surface area contributed by atoms with Crippen molar-refractivity contribution in [2.45, 2.75) is 26.2 Å². The normalized spacial score (nSPS) is 21.2. The van der Waals surface area contributed by atoms with Crippen molar-refractivity contribution in [2.75, 3.05) is 37.6 Å². The van der Waals surface area contributed by atoms with Gasteiger partial charge in [-0.05, 0) is 17.5 Å². The summed E-state index contributed by atoms with van der Waals surface area (Å²) in [6.07, 6.45) is 1.09. The second kappa shape index (κ2) is 7.25. The van der Waals surface area contributed by atoms with E-state index in [1.165, 1.54) is 0 Å². The Bertz CT molecular complexity index is 666. The van der Waals surface area contributed by atoms with Gasteiger partial charge in [-0.1, -0.05) is 32.0 Å². The van der Waals surface area contributed by atoms with Crippen LogP contribution in [0.1, 0.15) is 31.7 Å². The molecule has 6 heteroatoms. The van der Waals surface area contributed by atoms with Gasteiger partial charge in [0.05, 0.1) is 5.92 Å². The first-order chi connectivity index (χ1) is 12.0. The highest BCUT2D eigenvalue weighted by Crippen LogP contribution is 2.32. The van der Waals surface area contributed by atoms with Gasteiger partial charge >= 0.3 is 0 Å². The van der Waals surface area contributed by atoms with Gasteiger partial charge in [0.2, 0.25) is 18.2 Å². The number of carbonyl (C=O) groups is 3. The van der Waals surface area contributed by atoms with E-state index in [9.17, 15) is 14.4 Å². The quantitative estimate of drug-likeness (QED) is 0.778. The zero-order chi connectivity index (χ0) is 18.0. The molecule has 134 valence electrons. The summed E-state index contributed by atoms with van der Waals surface area (Å²) in [6.45, 7) is 6.87. The molecule has 0 N–H and O–H groups in total. The van der Waals surface area contributed by atoms with Gasteiger partial charge in [-0.15, -0.1) is 0 Å². The van der Waals surface area contributed by atoms with Crippen molar-refractivity contribution < 1.29 is 14.4 Å². The molecule has 25 heavy (non-hydrogen) atoms. The Morgan fingerprint density at radius 2 is 1.84 bits per heavy atom. The number of rotatable bonds is 4. The number of para-hydroxylation sites is 1. The molecule has 0 spiro atoms. The maximum atomic E-state index is 12.8. The molecule has 0 saturated carbocycles. The Hall–Kier alpha value is -2.37. The minimum Gasteiger partial charge on any atom is -0.342 e. The fraction of sp³-hybridized carbons (Fsp3) is 0.526. The van der Waals surface area contributed by atoms with E-state index in [2.05, 4.69) is 13.8 Å². The largest absolute Gasteiger partial charge is 0.342 e. The molecule has 1 aromatic rings. The first-order valence-electron chi connectivity index (χ1n) is 8.88. The van der Waals surface area contributed by atoms with Crippen LogP contribution in [0.3, 0.4) is 0 Å². The van der Waals surface area contributed by atoms with E-state index in [0.29, 0.717) is 38.6 Å². The summed E-state index contributed by atoms with van der Waals surface area (Å²) in [5.41, 5.74) is 2.05.